The van der Waals surface area contributed by atoms with Crippen molar-refractivity contribution in [2.75, 3.05) is 0 Å². The molecule has 0 N–H and O–H groups in total. The Morgan fingerprint density at radius 1 is 0.400 bits per heavy atom. The second kappa shape index (κ2) is 14.0. The summed E-state index contributed by atoms with van der Waals surface area (Å²) in [6, 6.07) is 58.8. The number of rotatable bonds is 9. The molecule has 0 spiro atoms. The van der Waals surface area contributed by atoms with Gasteiger partial charge in [0.15, 0.2) is 11.4 Å². The number of nitrogens with zero attached hydrogens (tertiary/aromatic N) is 10. The van der Waals surface area contributed by atoms with E-state index in [1.54, 1.807) is 19.0 Å². The highest BCUT2D eigenvalue weighted by atomic mass is 15.6. The van der Waals surface area contributed by atoms with Gasteiger partial charge in [-0.25, -0.2) is 0 Å². The lowest BCUT2D eigenvalue weighted by Crippen LogP contribution is -2.40. The van der Waals surface area contributed by atoms with Gasteiger partial charge >= 0.3 is 0 Å². The first-order valence-electron chi connectivity index (χ1n) is 16.3. The number of hydrogen-bond donors (Lipinski definition) is 0. The van der Waals surface area contributed by atoms with Gasteiger partial charge in [-0.15, -0.1) is 19.6 Å². The zero-order valence-electron chi connectivity index (χ0n) is 26.9. The molecule has 50 heavy (non-hydrogen) atoms. The molecule has 0 saturated heterocycles. The molecule has 0 aliphatic carbocycles. The van der Waals surface area contributed by atoms with Crippen LogP contribution >= 0.6 is 0 Å². The van der Waals surface area contributed by atoms with E-state index in [4.69, 9.17) is 30.6 Å². The van der Waals surface area contributed by atoms with Gasteiger partial charge in [0.25, 0.3) is 11.2 Å². The van der Waals surface area contributed by atoms with Gasteiger partial charge in [-0.3, -0.25) is 0 Å². The first-order chi connectivity index (χ1) is 24.8. The summed E-state index contributed by atoms with van der Waals surface area (Å²) in [5.74, 6) is 0. The van der Waals surface area contributed by atoms with Gasteiger partial charge in [0, 0.05) is 10.4 Å². The summed E-state index contributed by atoms with van der Waals surface area (Å²) in [5, 5.41) is 19.6. The van der Waals surface area contributed by atoms with E-state index in [2.05, 4.69) is 24.3 Å². The molecule has 0 fully saturated rings. The highest BCUT2D eigenvalue weighted by Gasteiger charge is 2.24. The van der Waals surface area contributed by atoms with Crippen LogP contribution in [0, 0.1) is 0 Å². The lowest BCUT2D eigenvalue weighted by Gasteiger charge is -2.25. The van der Waals surface area contributed by atoms with Crippen LogP contribution in [0.3, 0.4) is 0 Å². The molecule has 8 aromatic rings. The number of benzene rings is 6. The smallest absolute Gasteiger partial charge is 0.262 e. The third kappa shape index (κ3) is 6.45. The van der Waals surface area contributed by atoms with Crippen LogP contribution in [0.15, 0.2) is 192 Å². The standard InChI is InChI=1S/C40H32N10/c1-7-19-31(20-8-1)37(41-39-43-49(35-27-15-5-16-28-35)45-47(39)33-23-11-3-12-24-33)38(32-21-9-2-10-22-32)42-40-44-50(36-29-17-6-18-30-36)46-48(40)34-25-13-4-14-26-34/h1-30,37-38H/t37-,38-/m1/s1. The zero-order valence-corrected chi connectivity index (χ0v) is 26.9. The average molecular weight is 653 g/mol. The molecule has 0 aliphatic rings. The number of hydrogen-bond acceptors (Lipinski definition) is 4. The first kappa shape index (κ1) is 30.4. The Bertz CT molecular complexity index is 2240. The molecule has 0 bridgehead atoms. The maximum Gasteiger partial charge on any atom is 0.262 e. The van der Waals surface area contributed by atoms with Gasteiger partial charge in [-0.05, 0) is 59.7 Å². The van der Waals surface area contributed by atoms with Gasteiger partial charge in [0.1, 0.15) is 11.4 Å². The van der Waals surface area contributed by atoms with Crippen LogP contribution in [-0.4, -0.2) is 19.8 Å². The van der Waals surface area contributed by atoms with Crippen LogP contribution < -0.4 is 31.0 Å². The van der Waals surface area contributed by atoms with E-state index in [1.165, 1.54) is 0 Å². The number of aromatic nitrogens is 8. The molecule has 0 unspecified atom stereocenters. The minimum Gasteiger partial charge on any atom is -0.314 e. The molecule has 6 aromatic carbocycles. The van der Waals surface area contributed by atoms with Crippen LogP contribution in [0.5, 0.6) is 0 Å². The fourth-order valence-corrected chi connectivity index (χ4v) is 5.72. The van der Waals surface area contributed by atoms with Crippen molar-refractivity contribution < 1.29 is 9.59 Å². The third-order valence-corrected chi connectivity index (χ3v) is 8.16. The van der Waals surface area contributed by atoms with Crippen LogP contribution in [0.4, 0.5) is 0 Å². The van der Waals surface area contributed by atoms with Crippen LogP contribution in [0.25, 0.3) is 22.7 Å². The summed E-state index contributed by atoms with van der Waals surface area (Å²) >= 11 is 0. The van der Waals surface area contributed by atoms with Crippen LogP contribution in [0.1, 0.15) is 23.2 Å². The molecular formula is C40H32N10. The fraction of sp³-hybridized carbons (Fsp3) is 0.0500. The molecule has 2 aromatic heterocycles. The molecule has 0 radical (unpaired) electrons. The molecule has 8 rings (SSSR count). The monoisotopic (exact) mass is 652 g/mol. The highest BCUT2D eigenvalue weighted by molar-refractivity contribution is 5.32. The van der Waals surface area contributed by atoms with E-state index in [-0.39, 0.29) is 0 Å². The predicted octanol–water partition coefficient (Wildman–Crippen LogP) is 4.51. The van der Waals surface area contributed by atoms with E-state index >= 15 is 0 Å². The molecule has 0 aliphatic heterocycles. The summed E-state index contributed by atoms with van der Waals surface area (Å²) in [5.41, 5.74) is 6.08. The van der Waals surface area contributed by atoms with E-state index in [9.17, 15) is 0 Å². The Morgan fingerprint density at radius 2 is 0.700 bits per heavy atom. The zero-order chi connectivity index (χ0) is 33.5. The molecule has 2 heterocycles. The van der Waals surface area contributed by atoms with Gasteiger partial charge < -0.3 is 9.98 Å². The Labute approximate surface area is 288 Å². The van der Waals surface area contributed by atoms with Crippen molar-refractivity contribution in [1.29, 1.82) is 0 Å². The normalized spacial score (nSPS) is 13.3. The summed E-state index contributed by atoms with van der Waals surface area (Å²) in [7, 11) is 0. The first-order valence-corrected chi connectivity index (χ1v) is 16.3. The molecule has 10 heteroatoms. The largest absolute Gasteiger partial charge is 0.314 e. The molecular weight excluding hydrogens is 621 g/mol. The lowest BCUT2D eigenvalue weighted by molar-refractivity contribution is -0.723. The van der Waals surface area contributed by atoms with E-state index in [0.717, 1.165) is 33.9 Å². The maximum atomic E-state index is 5.40. The quantitative estimate of drug-likeness (QED) is 0.215. The average Bonchev–Trinajstić information content (AvgIpc) is 3.83. The van der Waals surface area contributed by atoms with Gasteiger partial charge in [0.2, 0.25) is 0 Å². The van der Waals surface area contributed by atoms with Crippen molar-refractivity contribution in [3.8, 4) is 22.7 Å². The Hall–Kier alpha value is -6.94. The second-order valence-corrected chi connectivity index (χ2v) is 11.5. The van der Waals surface area contributed by atoms with Gasteiger partial charge in [0.05, 0.1) is 12.1 Å². The van der Waals surface area contributed by atoms with Crippen molar-refractivity contribution in [3.63, 3.8) is 0 Å². The summed E-state index contributed by atoms with van der Waals surface area (Å²) in [6.45, 7) is 0. The minimum atomic E-state index is -0.527. The van der Waals surface area contributed by atoms with Crippen molar-refractivity contribution >= 4 is 0 Å². The molecule has 10 nitrogen and oxygen atoms in total. The number of tetrazole rings is 2. The van der Waals surface area contributed by atoms with Crippen LogP contribution in [0.2, 0.25) is 0 Å². The van der Waals surface area contributed by atoms with E-state index in [0.29, 0.717) is 11.2 Å². The molecule has 2 atom stereocenters. The predicted molar refractivity (Wildman–Crippen MR) is 186 cm³/mol. The third-order valence-electron chi connectivity index (χ3n) is 8.16. The Kier molecular flexibility index (Phi) is 8.54. The lowest BCUT2D eigenvalue weighted by atomic mass is 9.94. The Balaban J connectivity index is 1.39. The maximum absolute atomic E-state index is 5.40. The van der Waals surface area contributed by atoms with Gasteiger partial charge in [-0.1, -0.05) is 143 Å². The van der Waals surface area contributed by atoms with Crippen molar-refractivity contribution in [2.24, 2.45) is 9.98 Å². The highest BCUT2D eigenvalue weighted by Crippen LogP contribution is 2.34. The van der Waals surface area contributed by atoms with Crippen molar-refractivity contribution in [2.45, 2.75) is 12.1 Å². The molecule has 242 valence electrons. The van der Waals surface area contributed by atoms with E-state index < -0.39 is 12.1 Å². The van der Waals surface area contributed by atoms with Crippen molar-refractivity contribution in [3.05, 3.63) is 204 Å². The van der Waals surface area contributed by atoms with Crippen molar-refractivity contribution in [1.82, 2.24) is 30.0 Å². The fourth-order valence-electron chi connectivity index (χ4n) is 5.72. The topological polar surface area (TPSA) is 96.3 Å². The summed E-state index contributed by atoms with van der Waals surface area (Å²) < 4.78 is 3.53. The molecule has 0 saturated carbocycles. The van der Waals surface area contributed by atoms with E-state index in [1.807, 2.05) is 158 Å². The SMILES string of the molecule is c1ccc([C@@H](N=c2[n-][n+](-c3ccccc3)nn2-c2ccccc2)[C@H](N=c2[n-][n+](-c3ccccc3)nn2-c2ccccc2)c2ccccc2)cc1. The van der Waals surface area contributed by atoms with Gasteiger partial charge in [-0.2, -0.15) is 0 Å². The Morgan fingerprint density at radius 3 is 1.04 bits per heavy atom. The number of para-hydroxylation sites is 4. The summed E-state index contributed by atoms with van der Waals surface area (Å²) in [4.78, 5) is 14.0. The van der Waals surface area contributed by atoms with Crippen LogP contribution in [-0.2, 0) is 0 Å². The minimum absolute atomic E-state index is 0.425. The summed E-state index contributed by atoms with van der Waals surface area (Å²) in [6.07, 6.45) is 0. The second-order valence-electron chi connectivity index (χ2n) is 11.5. The molecule has 0 amide bonds.